The van der Waals surface area contributed by atoms with Crippen molar-refractivity contribution in [3.63, 3.8) is 0 Å². The number of nitrogens with one attached hydrogen (secondary N) is 1. The molecule has 1 unspecified atom stereocenters. The van der Waals surface area contributed by atoms with E-state index in [1.165, 1.54) is 6.07 Å². The fraction of sp³-hybridized carbons (Fsp3) is 0.500. The standard InChI is InChI=1S/C14H20FN3O/c1-14(19-2)7-4-8-18(9-14)11-6-3-5-10(15)12(11)13(16)17/h3,5-6H,4,7-9H2,1-2H3,(H3,16,17). The predicted octanol–water partition coefficient (Wildman–Crippen LogP) is 2.12. The molecule has 0 aromatic heterocycles. The number of rotatable bonds is 3. The zero-order valence-electron chi connectivity index (χ0n) is 11.4. The third-order valence-electron chi connectivity index (χ3n) is 3.75. The Morgan fingerprint density at radius 1 is 1.53 bits per heavy atom. The molecule has 1 aromatic carbocycles. The Morgan fingerprint density at radius 3 is 2.89 bits per heavy atom. The van der Waals surface area contributed by atoms with Crippen LogP contribution in [0.15, 0.2) is 18.2 Å². The maximum absolute atomic E-state index is 13.9. The number of amidine groups is 1. The van der Waals surface area contributed by atoms with Crippen LogP contribution in [0.5, 0.6) is 0 Å². The van der Waals surface area contributed by atoms with Gasteiger partial charge in [0.1, 0.15) is 11.7 Å². The Hall–Kier alpha value is -1.62. The highest BCUT2D eigenvalue weighted by Gasteiger charge is 2.32. The zero-order valence-corrected chi connectivity index (χ0v) is 11.4. The molecule has 1 saturated heterocycles. The number of halogens is 1. The summed E-state index contributed by atoms with van der Waals surface area (Å²) in [6, 6.07) is 4.79. The molecule has 19 heavy (non-hydrogen) atoms. The third-order valence-corrected chi connectivity index (χ3v) is 3.75. The van der Waals surface area contributed by atoms with Gasteiger partial charge < -0.3 is 15.4 Å². The molecule has 0 radical (unpaired) electrons. The van der Waals surface area contributed by atoms with E-state index in [9.17, 15) is 4.39 Å². The summed E-state index contributed by atoms with van der Waals surface area (Å²) < 4.78 is 19.4. The van der Waals surface area contributed by atoms with Crippen LogP contribution in [0.25, 0.3) is 0 Å². The summed E-state index contributed by atoms with van der Waals surface area (Å²) in [6.07, 6.45) is 1.95. The first-order valence-electron chi connectivity index (χ1n) is 6.40. The minimum Gasteiger partial charge on any atom is -0.384 e. The smallest absolute Gasteiger partial charge is 0.136 e. The molecule has 0 aliphatic carbocycles. The molecular formula is C14H20FN3O. The first-order valence-corrected chi connectivity index (χ1v) is 6.40. The summed E-state index contributed by atoms with van der Waals surface area (Å²) in [4.78, 5) is 2.05. The summed E-state index contributed by atoms with van der Waals surface area (Å²) in [7, 11) is 1.70. The van der Waals surface area contributed by atoms with Crippen molar-refractivity contribution in [1.82, 2.24) is 0 Å². The van der Waals surface area contributed by atoms with E-state index >= 15 is 0 Å². The van der Waals surface area contributed by atoms with Gasteiger partial charge in [-0.2, -0.15) is 0 Å². The molecule has 0 spiro atoms. The Kier molecular flexibility index (Phi) is 3.75. The van der Waals surface area contributed by atoms with E-state index in [0.29, 0.717) is 12.2 Å². The van der Waals surface area contributed by atoms with Crippen LogP contribution in [0.3, 0.4) is 0 Å². The van der Waals surface area contributed by atoms with Crippen molar-refractivity contribution in [3.05, 3.63) is 29.6 Å². The monoisotopic (exact) mass is 265 g/mol. The molecule has 1 fully saturated rings. The number of nitrogens with zero attached hydrogens (tertiary/aromatic N) is 1. The quantitative estimate of drug-likeness (QED) is 0.650. The Morgan fingerprint density at radius 2 is 2.26 bits per heavy atom. The van der Waals surface area contributed by atoms with Crippen LogP contribution in [0.4, 0.5) is 10.1 Å². The van der Waals surface area contributed by atoms with Crippen LogP contribution in [0, 0.1) is 11.2 Å². The van der Waals surface area contributed by atoms with Crippen molar-refractivity contribution < 1.29 is 9.13 Å². The van der Waals surface area contributed by atoms with Gasteiger partial charge in [-0.25, -0.2) is 4.39 Å². The highest BCUT2D eigenvalue weighted by atomic mass is 19.1. The van der Waals surface area contributed by atoms with Crippen molar-refractivity contribution in [2.24, 2.45) is 5.73 Å². The molecule has 1 aliphatic rings. The number of piperidine rings is 1. The fourth-order valence-electron chi connectivity index (χ4n) is 2.62. The van der Waals surface area contributed by atoms with Crippen LogP contribution in [0.2, 0.25) is 0 Å². The molecule has 1 aromatic rings. The summed E-state index contributed by atoms with van der Waals surface area (Å²) in [5.74, 6) is -0.688. The van der Waals surface area contributed by atoms with E-state index in [0.717, 1.165) is 19.4 Å². The number of anilines is 1. The molecule has 2 rings (SSSR count). The van der Waals surface area contributed by atoms with E-state index < -0.39 is 5.82 Å². The number of nitrogens with two attached hydrogens (primary N) is 1. The minimum absolute atomic E-state index is 0.183. The molecule has 104 valence electrons. The summed E-state index contributed by atoms with van der Waals surface area (Å²) >= 11 is 0. The van der Waals surface area contributed by atoms with Gasteiger partial charge in [-0.15, -0.1) is 0 Å². The highest BCUT2D eigenvalue weighted by Crippen LogP contribution is 2.30. The minimum atomic E-state index is -0.449. The number of methoxy groups -OCH3 is 1. The number of benzene rings is 1. The lowest BCUT2D eigenvalue weighted by atomic mass is 9.93. The second-order valence-electron chi connectivity index (χ2n) is 5.23. The Bertz CT molecular complexity index is 492. The van der Waals surface area contributed by atoms with Gasteiger partial charge in [-0.05, 0) is 31.9 Å². The van der Waals surface area contributed by atoms with Crippen LogP contribution < -0.4 is 10.6 Å². The average molecular weight is 265 g/mol. The number of nitrogen functional groups attached to an aromatic ring is 1. The number of ether oxygens (including phenoxy) is 1. The molecule has 1 atom stereocenters. The summed E-state index contributed by atoms with van der Waals surface area (Å²) in [5.41, 5.74) is 6.13. The zero-order chi connectivity index (χ0) is 14.0. The van der Waals surface area contributed by atoms with Crippen molar-refractivity contribution in [1.29, 1.82) is 5.41 Å². The Balaban J connectivity index is 2.37. The van der Waals surface area contributed by atoms with Gasteiger partial charge >= 0.3 is 0 Å². The normalized spacial score (nSPS) is 23.4. The van der Waals surface area contributed by atoms with E-state index in [2.05, 4.69) is 0 Å². The lowest BCUT2D eigenvalue weighted by molar-refractivity contribution is -0.00467. The van der Waals surface area contributed by atoms with Crippen LogP contribution >= 0.6 is 0 Å². The molecule has 5 heteroatoms. The van der Waals surface area contributed by atoms with Crippen LogP contribution in [0.1, 0.15) is 25.3 Å². The van der Waals surface area contributed by atoms with Gasteiger partial charge in [0.05, 0.1) is 16.9 Å². The highest BCUT2D eigenvalue weighted by molar-refractivity contribution is 6.00. The predicted molar refractivity (Wildman–Crippen MR) is 74.3 cm³/mol. The molecule has 3 N–H and O–H groups in total. The molecule has 1 aliphatic heterocycles. The fourth-order valence-corrected chi connectivity index (χ4v) is 2.62. The summed E-state index contributed by atoms with van der Waals surface area (Å²) in [6.45, 7) is 3.54. The summed E-state index contributed by atoms with van der Waals surface area (Å²) in [5, 5.41) is 7.56. The van der Waals surface area contributed by atoms with E-state index in [-0.39, 0.29) is 17.0 Å². The lowest BCUT2D eigenvalue weighted by Gasteiger charge is -2.41. The molecule has 0 amide bonds. The SMILES string of the molecule is COC1(C)CCCN(c2cccc(F)c2C(=N)N)C1. The van der Waals surface area contributed by atoms with E-state index in [1.54, 1.807) is 19.2 Å². The third kappa shape index (κ3) is 2.71. The van der Waals surface area contributed by atoms with Gasteiger partial charge in [0.2, 0.25) is 0 Å². The number of hydrogen-bond acceptors (Lipinski definition) is 3. The first kappa shape index (κ1) is 13.8. The maximum Gasteiger partial charge on any atom is 0.136 e. The molecule has 0 bridgehead atoms. The maximum atomic E-state index is 13.9. The van der Waals surface area contributed by atoms with Crippen molar-refractivity contribution in [2.45, 2.75) is 25.4 Å². The van der Waals surface area contributed by atoms with Crippen molar-refractivity contribution >= 4 is 11.5 Å². The molecular weight excluding hydrogens is 245 g/mol. The lowest BCUT2D eigenvalue weighted by Crippen LogP contribution is -2.48. The van der Waals surface area contributed by atoms with Gasteiger partial charge in [0.25, 0.3) is 0 Å². The average Bonchev–Trinajstić information content (AvgIpc) is 2.38. The van der Waals surface area contributed by atoms with Gasteiger partial charge in [-0.1, -0.05) is 6.07 Å². The second-order valence-corrected chi connectivity index (χ2v) is 5.23. The van der Waals surface area contributed by atoms with Crippen LogP contribution in [-0.2, 0) is 4.74 Å². The first-order chi connectivity index (χ1) is 8.97. The van der Waals surface area contributed by atoms with Gasteiger partial charge in [-0.3, -0.25) is 5.41 Å². The second kappa shape index (κ2) is 5.17. The van der Waals surface area contributed by atoms with Gasteiger partial charge in [0.15, 0.2) is 0 Å². The van der Waals surface area contributed by atoms with Gasteiger partial charge in [0, 0.05) is 20.2 Å². The van der Waals surface area contributed by atoms with E-state index in [1.807, 2.05) is 11.8 Å². The van der Waals surface area contributed by atoms with Crippen molar-refractivity contribution in [2.75, 3.05) is 25.1 Å². The van der Waals surface area contributed by atoms with Crippen LogP contribution in [-0.4, -0.2) is 31.6 Å². The number of hydrogen-bond donors (Lipinski definition) is 2. The molecule has 4 nitrogen and oxygen atoms in total. The largest absolute Gasteiger partial charge is 0.384 e. The topological polar surface area (TPSA) is 62.3 Å². The molecule has 1 heterocycles. The van der Waals surface area contributed by atoms with E-state index in [4.69, 9.17) is 15.9 Å². The van der Waals surface area contributed by atoms with Crippen molar-refractivity contribution in [3.8, 4) is 0 Å². The Labute approximate surface area is 112 Å². The molecule has 0 saturated carbocycles.